The molecule has 1 aliphatic rings. The number of urea groups is 1. The molecule has 6 heteroatoms. The molecular formula is C13H25N3O3. The van der Waals surface area contributed by atoms with E-state index in [1.807, 2.05) is 0 Å². The highest BCUT2D eigenvalue weighted by Gasteiger charge is 2.25. The number of carboxylic acids is 1. The zero-order valence-electron chi connectivity index (χ0n) is 12.1. The van der Waals surface area contributed by atoms with Gasteiger partial charge >= 0.3 is 12.0 Å². The van der Waals surface area contributed by atoms with Crippen LogP contribution in [0.5, 0.6) is 0 Å². The minimum atomic E-state index is -0.990. The van der Waals surface area contributed by atoms with Crippen molar-refractivity contribution < 1.29 is 14.7 Å². The molecule has 19 heavy (non-hydrogen) atoms. The molecule has 0 bridgehead atoms. The third-order valence-corrected chi connectivity index (χ3v) is 3.51. The number of rotatable bonds is 6. The summed E-state index contributed by atoms with van der Waals surface area (Å²) in [4.78, 5) is 26.8. The third-order valence-electron chi connectivity index (χ3n) is 3.51. The summed E-state index contributed by atoms with van der Waals surface area (Å²) in [6, 6.07) is -1.15. The Morgan fingerprint density at radius 3 is 2.37 bits per heavy atom. The Morgan fingerprint density at radius 1 is 1.32 bits per heavy atom. The smallest absolute Gasteiger partial charge is 0.326 e. The molecule has 0 radical (unpaired) electrons. The standard InChI is InChI=1S/C13H25N3O3/c1-10(2)11(12(17)18)14-13(19)15(3)8-9-16-6-4-5-7-16/h10-11H,4-9H2,1-3H3,(H,14,19)(H,17,18)/t11-/m1/s1. The highest BCUT2D eigenvalue weighted by Crippen LogP contribution is 2.07. The first kappa shape index (κ1) is 15.8. The first-order valence-corrected chi connectivity index (χ1v) is 6.88. The van der Waals surface area contributed by atoms with E-state index in [1.54, 1.807) is 25.8 Å². The summed E-state index contributed by atoms with van der Waals surface area (Å²) in [6.07, 6.45) is 2.45. The lowest BCUT2D eigenvalue weighted by atomic mass is 10.1. The van der Waals surface area contributed by atoms with Gasteiger partial charge < -0.3 is 20.2 Å². The van der Waals surface area contributed by atoms with Crippen molar-refractivity contribution in [2.75, 3.05) is 33.2 Å². The molecule has 6 nitrogen and oxygen atoms in total. The van der Waals surface area contributed by atoms with Crippen LogP contribution < -0.4 is 5.32 Å². The van der Waals surface area contributed by atoms with Crippen LogP contribution in [0.4, 0.5) is 4.79 Å². The number of aliphatic carboxylic acids is 1. The van der Waals surface area contributed by atoms with Gasteiger partial charge in [0.05, 0.1) is 0 Å². The minimum Gasteiger partial charge on any atom is -0.480 e. The molecule has 0 spiro atoms. The molecule has 0 unspecified atom stereocenters. The number of nitrogens with one attached hydrogen (secondary N) is 1. The average molecular weight is 271 g/mol. The lowest BCUT2D eigenvalue weighted by Gasteiger charge is -2.25. The van der Waals surface area contributed by atoms with Crippen molar-refractivity contribution in [1.29, 1.82) is 0 Å². The lowest BCUT2D eigenvalue weighted by Crippen LogP contribution is -2.50. The second kappa shape index (κ2) is 7.33. The SMILES string of the molecule is CC(C)[C@@H](NC(=O)N(C)CCN1CCCC1)C(=O)O. The van der Waals surface area contributed by atoms with Crippen LogP contribution in [0, 0.1) is 5.92 Å². The molecule has 0 aromatic carbocycles. The molecule has 1 atom stereocenters. The predicted octanol–water partition coefficient (Wildman–Crippen LogP) is 0.833. The van der Waals surface area contributed by atoms with Crippen LogP contribution in [-0.4, -0.2) is 66.2 Å². The van der Waals surface area contributed by atoms with E-state index < -0.39 is 12.0 Å². The van der Waals surface area contributed by atoms with Crippen LogP contribution in [0.2, 0.25) is 0 Å². The molecule has 1 fully saturated rings. The number of nitrogens with zero attached hydrogens (tertiary/aromatic N) is 2. The fourth-order valence-corrected chi connectivity index (χ4v) is 2.16. The van der Waals surface area contributed by atoms with E-state index >= 15 is 0 Å². The fraction of sp³-hybridized carbons (Fsp3) is 0.846. The topological polar surface area (TPSA) is 72.9 Å². The summed E-state index contributed by atoms with van der Waals surface area (Å²) in [5, 5.41) is 11.6. The number of hydrogen-bond acceptors (Lipinski definition) is 3. The zero-order chi connectivity index (χ0) is 14.4. The third kappa shape index (κ3) is 5.06. The molecule has 1 aliphatic heterocycles. The van der Waals surface area contributed by atoms with Crippen molar-refractivity contribution in [1.82, 2.24) is 15.1 Å². The van der Waals surface area contributed by atoms with Gasteiger partial charge in [-0.15, -0.1) is 0 Å². The van der Waals surface area contributed by atoms with Crippen molar-refractivity contribution in [3.63, 3.8) is 0 Å². The average Bonchev–Trinajstić information content (AvgIpc) is 2.84. The molecular weight excluding hydrogens is 246 g/mol. The summed E-state index contributed by atoms with van der Waals surface area (Å²) in [6.45, 7) is 7.23. The van der Waals surface area contributed by atoms with Crippen LogP contribution >= 0.6 is 0 Å². The Morgan fingerprint density at radius 2 is 1.89 bits per heavy atom. The predicted molar refractivity (Wildman–Crippen MR) is 73.1 cm³/mol. The largest absolute Gasteiger partial charge is 0.480 e. The number of amides is 2. The quantitative estimate of drug-likeness (QED) is 0.750. The Hall–Kier alpha value is -1.30. The molecule has 110 valence electrons. The maximum absolute atomic E-state index is 11.9. The van der Waals surface area contributed by atoms with Gasteiger partial charge in [0.15, 0.2) is 0 Å². The van der Waals surface area contributed by atoms with Crippen LogP contribution in [0.15, 0.2) is 0 Å². The molecule has 1 heterocycles. The maximum Gasteiger partial charge on any atom is 0.326 e. The van der Waals surface area contributed by atoms with Crippen molar-refractivity contribution in [3.05, 3.63) is 0 Å². The van der Waals surface area contributed by atoms with Crippen LogP contribution in [0.25, 0.3) is 0 Å². The molecule has 2 amide bonds. The highest BCUT2D eigenvalue weighted by atomic mass is 16.4. The van der Waals surface area contributed by atoms with Gasteiger partial charge in [-0.2, -0.15) is 0 Å². The van der Waals surface area contributed by atoms with Crippen molar-refractivity contribution in [2.24, 2.45) is 5.92 Å². The summed E-state index contributed by atoms with van der Waals surface area (Å²) < 4.78 is 0. The van der Waals surface area contributed by atoms with E-state index in [4.69, 9.17) is 5.11 Å². The monoisotopic (exact) mass is 271 g/mol. The summed E-state index contributed by atoms with van der Waals surface area (Å²) in [5.74, 6) is -1.12. The lowest BCUT2D eigenvalue weighted by molar-refractivity contribution is -0.140. The summed E-state index contributed by atoms with van der Waals surface area (Å²) >= 11 is 0. The Labute approximate surface area is 114 Å². The first-order valence-electron chi connectivity index (χ1n) is 6.88. The van der Waals surface area contributed by atoms with Crippen molar-refractivity contribution in [2.45, 2.75) is 32.7 Å². The van der Waals surface area contributed by atoms with Gasteiger partial charge in [-0.25, -0.2) is 9.59 Å². The minimum absolute atomic E-state index is 0.131. The summed E-state index contributed by atoms with van der Waals surface area (Å²) in [5.41, 5.74) is 0. The Bertz CT molecular complexity index is 314. The van der Waals surface area contributed by atoms with E-state index in [1.165, 1.54) is 12.8 Å². The molecule has 1 rings (SSSR count). The molecule has 0 aromatic heterocycles. The number of likely N-dealkylation sites (tertiary alicyclic amines) is 1. The van der Waals surface area contributed by atoms with E-state index in [0.29, 0.717) is 6.54 Å². The van der Waals surface area contributed by atoms with E-state index in [2.05, 4.69) is 10.2 Å². The van der Waals surface area contributed by atoms with Gasteiger partial charge in [-0.05, 0) is 31.8 Å². The summed E-state index contributed by atoms with van der Waals surface area (Å²) in [7, 11) is 1.70. The van der Waals surface area contributed by atoms with Gasteiger partial charge in [0.2, 0.25) is 0 Å². The van der Waals surface area contributed by atoms with Crippen molar-refractivity contribution >= 4 is 12.0 Å². The normalized spacial score (nSPS) is 17.5. The molecule has 2 N–H and O–H groups in total. The number of carbonyl (C=O) groups excluding carboxylic acids is 1. The Kier molecular flexibility index (Phi) is 6.08. The molecule has 1 saturated heterocycles. The highest BCUT2D eigenvalue weighted by molar-refractivity contribution is 5.82. The van der Waals surface area contributed by atoms with Gasteiger partial charge in [-0.3, -0.25) is 0 Å². The first-order chi connectivity index (χ1) is 8.91. The van der Waals surface area contributed by atoms with Gasteiger partial charge in [0.25, 0.3) is 0 Å². The second-order valence-corrected chi connectivity index (χ2v) is 5.48. The molecule has 0 aliphatic carbocycles. The number of carbonyl (C=O) groups is 2. The maximum atomic E-state index is 11.9. The van der Waals surface area contributed by atoms with Gasteiger partial charge in [0.1, 0.15) is 6.04 Å². The molecule has 0 saturated carbocycles. The van der Waals surface area contributed by atoms with E-state index in [9.17, 15) is 9.59 Å². The number of hydrogen-bond donors (Lipinski definition) is 2. The van der Waals surface area contributed by atoms with Crippen LogP contribution in [-0.2, 0) is 4.79 Å². The van der Waals surface area contributed by atoms with E-state index in [-0.39, 0.29) is 11.9 Å². The van der Waals surface area contributed by atoms with Gasteiger partial charge in [0, 0.05) is 20.1 Å². The van der Waals surface area contributed by atoms with Crippen LogP contribution in [0.3, 0.4) is 0 Å². The fourth-order valence-electron chi connectivity index (χ4n) is 2.16. The molecule has 0 aromatic rings. The zero-order valence-corrected chi connectivity index (χ0v) is 12.1. The Balaban J connectivity index is 2.36. The van der Waals surface area contributed by atoms with E-state index in [0.717, 1.165) is 19.6 Å². The second-order valence-electron chi connectivity index (χ2n) is 5.48. The number of carboxylic acid groups (broad SMARTS) is 1. The van der Waals surface area contributed by atoms with Crippen molar-refractivity contribution in [3.8, 4) is 0 Å². The van der Waals surface area contributed by atoms with Crippen LogP contribution in [0.1, 0.15) is 26.7 Å². The number of likely N-dealkylation sites (N-methyl/N-ethyl adjacent to an activating group) is 1. The van der Waals surface area contributed by atoms with Gasteiger partial charge in [-0.1, -0.05) is 13.8 Å².